The van der Waals surface area contributed by atoms with Crippen molar-refractivity contribution >= 4 is 11.9 Å². The average Bonchev–Trinajstić information content (AvgIpc) is 2.87. The summed E-state index contributed by atoms with van der Waals surface area (Å²) in [6.07, 6.45) is -3.41. The molecule has 0 aromatic heterocycles. The van der Waals surface area contributed by atoms with Crippen LogP contribution in [0.2, 0.25) is 0 Å². The molecule has 4 rings (SSSR count). The van der Waals surface area contributed by atoms with Gasteiger partial charge in [-0.1, -0.05) is 60.7 Å². The molecule has 2 aromatic carbocycles. The van der Waals surface area contributed by atoms with Crippen LogP contribution in [0.25, 0.3) is 0 Å². The molecule has 0 aliphatic carbocycles. The maximum atomic E-state index is 12.1. The number of nitrogens with one attached hydrogen (secondary N) is 1. The minimum atomic E-state index is -0.854. The zero-order chi connectivity index (χ0) is 24.6. The average molecular weight is 486 g/mol. The summed E-state index contributed by atoms with van der Waals surface area (Å²) in [6, 6.07) is 18.4. The predicted molar refractivity (Wildman–Crippen MR) is 124 cm³/mol. The fourth-order valence-corrected chi connectivity index (χ4v) is 4.20. The van der Waals surface area contributed by atoms with Gasteiger partial charge in [0.25, 0.3) is 0 Å². The van der Waals surface area contributed by atoms with E-state index in [0.717, 1.165) is 11.1 Å². The molecule has 6 atom stereocenters. The number of carbonyl (C=O) groups is 2. The maximum absolute atomic E-state index is 12.1. The molecule has 188 valence electrons. The van der Waals surface area contributed by atoms with E-state index >= 15 is 0 Å². The Morgan fingerprint density at radius 2 is 1.71 bits per heavy atom. The second-order valence-corrected chi connectivity index (χ2v) is 8.32. The van der Waals surface area contributed by atoms with Crippen LogP contribution in [0.1, 0.15) is 31.3 Å². The maximum Gasteiger partial charge on any atom is 0.332 e. The number of rotatable bonds is 9. The zero-order valence-corrected chi connectivity index (χ0v) is 19.8. The van der Waals surface area contributed by atoms with Crippen LogP contribution in [-0.4, -0.2) is 62.3 Å². The summed E-state index contributed by atoms with van der Waals surface area (Å²) in [7, 11) is 0. The monoisotopic (exact) mass is 485 g/mol. The van der Waals surface area contributed by atoms with Crippen LogP contribution in [0.5, 0.6) is 0 Å². The van der Waals surface area contributed by atoms with Crippen LogP contribution in [0.4, 0.5) is 0 Å². The molecule has 2 aromatic rings. The Morgan fingerprint density at radius 3 is 2.40 bits per heavy atom. The highest BCUT2D eigenvalue weighted by atomic mass is 16.8. The number of hydrogen-bond donors (Lipinski definition) is 1. The molecule has 0 bridgehead atoms. The molecular formula is C26H31NO8. The van der Waals surface area contributed by atoms with Crippen molar-refractivity contribution in [2.24, 2.45) is 0 Å². The quantitative estimate of drug-likeness (QED) is 0.541. The normalized spacial score (nSPS) is 28.1. The smallest absolute Gasteiger partial charge is 0.332 e. The summed E-state index contributed by atoms with van der Waals surface area (Å²) < 4.78 is 35.5. The molecule has 9 heteroatoms. The third-order valence-electron chi connectivity index (χ3n) is 5.74. The van der Waals surface area contributed by atoms with Crippen LogP contribution in [0, 0.1) is 0 Å². The van der Waals surface area contributed by atoms with E-state index in [1.165, 1.54) is 6.92 Å². The Balaban J connectivity index is 1.56. The molecule has 2 aliphatic rings. The number of fused-ring (bicyclic) bond motifs is 1. The van der Waals surface area contributed by atoms with E-state index < -0.39 is 42.9 Å². The summed E-state index contributed by atoms with van der Waals surface area (Å²) in [5.74, 6) is -0.799. The van der Waals surface area contributed by atoms with Gasteiger partial charge in [0.05, 0.1) is 19.8 Å². The second-order valence-electron chi connectivity index (χ2n) is 8.32. The van der Waals surface area contributed by atoms with E-state index in [1.54, 1.807) is 6.92 Å². The largest absolute Gasteiger partial charge is 0.464 e. The molecule has 3 unspecified atom stereocenters. The summed E-state index contributed by atoms with van der Waals surface area (Å²) in [5.41, 5.74) is 1.79. The van der Waals surface area contributed by atoms with Crippen molar-refractivity contribution < 1.29 is 38.0 Å². The molecule has 2 aliphatic heterocycles. The highest BCUT2D eigenvalue weighted by Crippen LogP contribution is 2.36. The number of ether oxygens (including phenoxy) is 6. The molecule has 2 heterocycles. The Labute approximate surface area is 204 Å². The molecule has 35 heavy (non-hydrogen) atoms. The van der Waals surface area contributed by atoms with Gasteiger partial charge in [0, 0.05) is 12.5 Å². The lowest BCUT2D eigenvalue weighted by atomic mass is 9.95. The molecule has 0 radical (unpaired) electrons. The number of hydrogen-bond acceptors (Lipinski definition) is 8. The molecule has 1 N–H and O–H groups in total. The van der Waals surface area contributed by atoms with E-state index in [9.17, 15) is 9.59 Å². The van der Waals surface area contributed by atoms with Crippen molar-refractivity contribution in [3.05, 3.63) is 71.8 Å². The minimum Gasteiger partial charge on any atom is -0.464 e. The standard InChI is InChI=1S/C26H31NO8/c1-3-30-21(29)16-31-24-22(27-17(2)28)26(32-14-18-10-6-4-7-11-18)34-20-15-33-25(35-23(20)24)19-12-8-5-9-13-19/h4-13,20,22-26H,3,14-16H2,1-2H3,(H,27,28)/t20?,22-,23+,24?,25?,26-/m0/s1. The van der Waals surface area contributed by atoms with Crippen molar-refractivity contribution in [2.75, 3.05) is 19.8 Å². The van der Waals surface area contributed by atoms with Gasteiger partial charge in [-0.25, -0.2) is 4.79 Å². The van der Waals surface area contributed by atoms with Crippen LogP contribution >= 0.6 is 0 Å². The van der Waals surface area contributed by atoms with E-state index in [4.69, 9.17) is 28.4 Å². The van der Waals surface area contributed by atoms with Crippen LogP contribution in [0.15, 0.2) is 60.7 Å². The highest BCUT2D eigenvalue weighted by molar-refractivity contribution is 5.73. The van der Waals surface area contributed by atoms with E-state index in [-0.39, 0.29) is 32.3 Å². The van der Waals surface area contributed by atoms with Gasteiger partial charge in [-0.2, -0.15) is 0 Å². The van der Waals surface area contributed by atoms with Crippen LogP contribution in [0.3, 0.4) is 0 Å². The minimum absolute atomic E-state index is 0.224. The summed E-state index contributed by atoms with van der Waals surface area (Å²) in [5, 5.41) is 2.87. The topological polar surface area (TPSA) is 102 Å². The lowest BCUT2D eigenvalue weighted by Crippen LogP contribution is -2.67. The first-order valence-electron chi connectivity index (χ1n) is 11.7. The Morgan fingerprint density at radius 1 is 1.00 bits per heavy atom. The molecular weight excluding hydrogens is 454 g/mol. The summed E-state index contributed by atoms with van der Waals surface area (Å²) >= 11 is 0. The number of carbonyl (C=O) groups excluding carboxylic acids is 2. The van der Waals surface area contributed by atoms with Gasteiger partial charge in [-0.15, -0.1) is 0 Å². The predicted octanol–water partition coefficient (Wildman–Crippen LogP) is 2.50. The molecule has 2 saturated heterocycles. The van der Waals surface area contributed by atoms with Gasteiger partial charge < -0.3 is 33.7 Å². The molecule has 0 saturated carbocycles. The lowest BCUT2D eigenvalue weighted by Gasteiger charge is -2.49. The Hall–Kier alpha value is -2.82. The van der Waals surface area contributed by atoms with Gasteiger partial charge in [0.1, 0.15) is 31.0 Å². The van der Waals surface area contributed by atoms with Gasteiger partial charge >= 0.3 is 5.97 Å². The van der Waals surface area contributed by atoms with Gasteiger partial charge in [0.2, 0.25) is 5.91 Å². The fraction of sp³-hybridized carbons (Fsp3) is 0.462. The first kappa shape index (κ1) is 25.3. The summed E-state index contributed by atoms with van der Waals surface area (Å²) in [4.78, 5) is 24.2. The van der Waals surface area contributed by atoms with Crippen molar-refractivity contribution in [2.45, 2.75) is 57.4 Å². The fourth-order valence-electron chi connectivity index (χ4n) is 4.20. The third-order valence-corrected chi connectivity index (χ3v) is 5.74. The molecule has 9 nitrogen and oxygen atoms in total. The van der Waals surface area contributed by atoms with Crippen molar-refractivity contribution in [1.29, 1.82) is 0 Å². The Kier molecular flexibility index (Phi) is 8.84. The molecule has 0 spiro atoms. The number of amides is 1. The lowest BCUT2D eigenvalue weighted by molar-refractivity contribution is -0.349. The number of esters is 1. The van der Waals surface area contributed by atoms with Crippen LogP contribution < -0.4 is 5.32 Å². The van der Waals surface area contributed by atoms with E-state index in [0.29, 0.717) is 0 Å². The molecule has 2 fully saturated rings. The highest BCUT2D eigenvalue weighted by Gasteiger charge is 2.51. The van der Waals surface area contributed by atoms with Gasteiger partial charge in [-0.05, 0) is 12.5 Å². The van der Waals surface area contributed by atoms with Crippen molar-refractivity contribution in [3.8, 4) is 0 Å². The SMILES string of the molecule is CCOC(=O)COC1[C@@H]2OC(c3ccccc3)OCC2O[C@H](OCc2ccccc2)[C@H]1NC(C)=O. The first-order chi connectivity index (χ1) is 17.0. The number of benzene rings is 2. The van der Waals surface area contributed by atoms with Gasteiger partial charge in [0.15, 0.2) is 12.6 Å². The van der Waals surface area contributed by atoms with Gasteiger partial charge in [-0.3, -0.25) is 4.79 Å². The third kappa shape index (κ3) is 6.65. The molecule has 1 amide bonds. The van der Waals surface area contributed by atoms with Crippen molar-refractivity contribution in [1.82, 2.24) is 5.32 Å². The Bertz CT molecular complexity index is 956. The zero-order valence-electron chi connectivity index (χ0n) is 19.8. The first-order valence-corrected chi connectivity index (χ1v) is 11.7. The van der Waals surface area contributed by atoms with E-state index in [1.807, 2.05) is 60.7 Å². The van der Waals surface area contributed by atoms with E-state index in [2.05, 4.69) is 5.32 Å². The summed E-state index contributed by atoms with van der Waals surface area (Å²) in [6.45, 7) is 3.55. The van der Waals surface area contributed by atoms with Crippen molar-refractivity contribution in [3.63, 3.8) is 0 Å². The van der Waals surface area contributed by atoms with Crippen LogP contribution in [-0.2, 0) is 44.6 Å². The second kappa shape index (κ2) is 12.2.